The van der Waals surface area contributed by atoms with Crippen molar-refractivity contribution >= 4 is 56.4 Å². The Morgan fingerprint density at radius 3 is 2.55 bits per heavy atom. The van der Waals surface area contributed by atoms with E-state index in [4.69, 9.17) is 32.7 Å². The van der Waals surface area contributed by atoms with Crippen molar-refractivity contribution in [3.63, 3.8) is 0 Å². The molecular formula is C28H29Cl2N3O6S. The smallest absolute Gasteiger partial charge is 0.262 e. The summed E-state index contributed by atoms with van der Waals surface area (Å²) >= 11 is 12.5. The number of hydrogen-bond donors (Lipinski definition) is 2. The monoisotopic (exact) mass is 605 g/mol. The van der Waals surface area contributed by atoms with E-state index in [2.05, 4.69) is 10.0 Å². The molecule has 1 atom stereocenters. The molecule has 1 unspecified atom stereocenters. The van der Waals surface area contributed by atoms with E-state index in [0.29, 0.717) is 57.7 Å². The number of carbonyl (C=O) groups excluding carboxylic acids is 2. The Kier molecular flexibility index (Phi) is 9.70. The van der Waals surface area contributed by atoms with Crippen molar-refractivity contribution < 1.29 is 27.5 Å². The van der Waals surface area contributed by atoms with E-state index in [9.17, 15) is 18.0 Å². The van der Waals surface area contributed by atoms with Crippen molar-refractivity contribution in [1.82, 2.24) is 4.72 Å². The molecule has 2 N–H and O–H groups in total. The third-order valence-corrected chi connectivity index (χ3v) is 7.61. The second kappa shape index (κ2) is 13.0. The second-order valence-corrected chi connectivity index (χ2v) is 11.9. The predicted molar refractivity (Wildman–Crippen MR) is 156 cm³/mol. The highest BCUT2D eigenvalue weighted by Crippen LogP contribution is 2.38. The van der Waals surface area contributed by atoms with Gasteiger partial charge in [-0.05, 0) is 55.3 Å². The van der Waals surface area contributed by atoms with E-state index in [0.717, 1.165) is 11.8 Å². The quantitative estimate of drug-likeness (QED) is 0.320. The van der Waals surface area contributed by atoms with Crippen LogP contribution >= 0.6 is 23.2 Å². The average Bonchev–Trinajstić information content (AvgIpc) is 3.09. The molecule has 0 saturated carbocycles. The topological polar surface area (TPSA) is 114 Å². The number of anilines is 2. The number of rotatable bonds is 9. The Balaban J connectivity index is 1.57. The van der Waals surface area contributed by atoms with Crippen LogP contribution in [-0.2, 0) is 14.8 Å². The fourth-order valence-electron chi connectivity index (χ4n) is 4.49. The molecule has 212 valence electrons. The van der Waals surface area contributed by atoms with E-state index >= 15 is 0 Å². The van der Waals surface area contributed by atoms with Gasteiger partial charge in [-0.2, -0.15) is 0 Å². The number of carbonyl (C=O) groups is 2. The van der Waals surface area contributed by atoms with Crippen LogP contribution in [0.25, 0.3) is 0 Å². The molecule has 0 fully saturated rings. The Labute approximate surface area is 243 Å². The first-order chi connectivity index (χ1) is 19.1. The summed E-state index contributed by atoms with van der Waals surface area (Å²) in [5.74, 6) is -0.381. The zero-order chi connectivity index (χ0) is 28.9. The minimum Gasteiger partial charge on any atom is -0.496 e. The highest BCUT2D eigenvalue weighted by atomic mass is 35.5. The number of fused-ring (bicyclic) bond motifs is 1. The van der Waals surface area contributed by atoms with E-state index in [-0.39, 0.29) is 31.1 Å². The number of halogens is 2. The van der Waals surface area contributed by atoms with Gasteiger partial charge in [0, 0.05) is 41.1 Å². The lowest BCUT2D eigenvalue weighted by atomic mass is 10.0. The summed E-state index contributed by atoms with van der Waals surface area (Å²) in [5.41, 5.74) is 2.46. The van der Waals surface area contributed by atoms with Gasteiger partial charge in [0.1, 0.15) is 5.75 Å². The van der Waals surface area contributed by atoms with Crippen LogP contribution in [0.4, 0.5) is 11.4 Å². The summed E-state index contributed by atoms with van der Waals surface area (Å²) in [7, 11) is -1.88. The summed E-state index contributed by atoms with van der Waals surface area (Å²) in [4.78, 5) is 28.2. The normalized spacial score (nSPS) is 15.2. The molecule has 4 rings (SSSR count). The van der Waals surface area contributed by atoms with Gasteiger partial charge in [-0.1, -0.05) is 35.3 Å². The van der Waals surface area contributed by atoms with Crippen molar-refractivity contribution in [2.24, 2.45) is 0 Å². The molecule has 0 radical (unpaired) electrons. The van der Waals surface area contributed by atoms with Gasteiger partial charge in [0.2, 0.25) is 10.0 Å². The summed E-state index contributed by atoms with van der Waals surface area (Å²) in [6.07, 6.45) is 1.96. The van der Waals surface area contributed by atoms with Gasteiger partial charge in [0.15, 0.2) is 0 Å². The molecule has 1 aliphatic heterocycles. The zero-order valence-corrected chi connectivity index (χ0v) is 24.3. The molecule has 9 nitrogen and oxygen atoms in total. The summed E-state index contributed by atoms with van der Waals surface area (Å²) in [6.45, 7) is 0.709. The van der Waals surface area contributed by atoms with Gasteiger partial charge >= 0.3 is 0 Å². The van der Waals surface area contributed by atoms with Crippen LogP contribution < -0.4 is 19.7 Å². The van der Waals surface area contributed by atoms with E-state index in [1.54, 1.807) is 65.6 Å². The molecule has 12 heteroatoms. The Hall–Kier alpha value is -3.15. The van der Waals surface area contributed by atoms with Crippen LogP contribution in [0.3, 0.4) is 0 Å². The van der Waals surface area contributed by atoms with Crippen LogP contribution in [0, 0.1) is 0 Å². The fraction of sp³-hybridized carbons (Fsp3) is 0.286. The standard InChI is InChI=1S/C28H29Cl2N3O6S/c1-38-26-17-19(32-27(34)20-6-3-4-7-23(20)30)10-11-21(26)28(35)33-14-5-8-25(39-15-13-31-40(2,36)37)22-16-18(29)9-12-24(22)33/h3-4,6-7,9-12,16-17,25,31H,5,8,13-15H2,1-2H3,(H,32,34). The first kappa shape index (κ1) is 29.8. The predicted octanol–water partition coefficient (Wildman–Crippen LogP) is 5.30. The van der Waals surface area contributed by atoms with Gasteiger partial charge in [0.05, 0.1) is 42.2 Å². The van der Waals surface area contributed by atoms with Crippen LogP contribution in [0.1, 0.15) is 45.2 Å². The molecule has 3 aromatic rings. The molecule has 2 amide bonds. The maximum Gasteiger partial charge on any atom is 0.262 e. The molecule has 0 saturated heterocycles. The number of benzene rings is 3. The fourth-order valence-corrected chi connectivity index (χ4v) is 5.34. The van der Waals surface area contributed by atoms with Crippen LogP contribution in [0.5, 0.6) is 5.75 Å². The number of hydrogen-bond acceptors (Lipinski definition) is 6. The summed E-state index contributed by atoms with van der Waals surface area (Å²) in [5, 5.41) is 3.61. The maximum atomic E-state index is 13.8. The van der Waals surface area contributed by atoms with Gasteiger partial charge in [-0.25, -0.2) is 13.1 Å². The van der Waals surface area contributed by atoms with Crippen molar-refractivity contribution in [2.45, 2.75) is 18.9 Å². The van der Waals surface area contributed by atoms with Gasteiger partial charge in [0.25, 0.3) is 11.8 Å². The van der Waals surface area contributed by atoms with Crippen molar-refractivity contribution in [3.8, 4) is 5.75 Å². The van der Waals surface area contributed by atoms with E-state index in [1.165, 1.54) is 7.11 Å². The lowest BCUT2D eigenvalue weighted by molar-refractivity contribution is 0.0514. The molecular weight excluding hydrogens is 577 g/mol. The Bertz CT molecular complexity index is 1520. The highest BCUT2D eigenvalue weighted by molar-refractivity contribution is 7.88. The van der Waals surface area contributed by atoms with Crippen LogP contribution in [-0.4, -0.2) is 53.3 Å². The third kappa shape index (κ3) is 7.32. The van der Waals surface area contributed by atoms with E-state index in [1.807, 2.05) is 0 Å². The number of methoxy groups -OCH3 is 1. The number of nitrogens with one attached hydrogen (secondary N) is 2. The summed E-state index contributed by atoms with van der Waals surface area (Å²) in [6, 6.07) is 16.8. The molecule has 1 aliphatic rings. The second-order valence-electron chi connectivity index (χ2n) is 9.18. The molecule has 40 heavy (non-hydrogen) atoms. The van der Waals surface area contributed by atoms with Gasteiger partial charge < -0.3 is 19.7 Å². The van der Waals surface area contributed by atoms with Gasteiger partial charge in [-0.15, -0.1) is 0 Å². The first-order valence-corrected chi connectivity index (χ1v) is 15.1. The van der Waals surface area contributed by atoms with Crippen molar-refractivity contribution in [2.75, 3.05) is 43.3 Å². The Morgan fingerprint density at radius 1 is 1.05 bits per heavy atom. The molecule has 0 bridgehead atoms. The SMILES string of the molecule is COc1cc(NC(=O)c2ccccc2Cl)ccc1C(=O)N1CCCC(OCCNS(C)(=O)=O)c2cc(Cl)ccc21. The minimum atomic E-state index is -3.33. The van der Waals surface area contributed by atoms with Crippen LogP contribution in [0.2, 0.25) is 10.0 Å². The molecule has 3 aromatic carbocycles. The highest BCUT2D eigenvalue weighted by Gasteiger charge is 2.29. The zero-order valence-electron chi connectivity index (χ0n) is 21.9. The number of nitrogens with zero attached hydrogens (tertiary/aromatic N) is 1. The van der Waals surface area contributed by atoms with Gasteiger partial charge in [-0.3, -0.25) is 9.59 Å². The maximum absolute atomic E-state index is 13.8. The Morgan fingerprint density at radius 2 is 1.82 bits per heavy atom. The molecule has 0 aliphatic carbocycles. The molecule has 0 spiro atoms. The van der Waals surface area contributed by atoms with E-state index < -0.39 is 10.0 Å². The lowest BCUT2D eigenvalue weighted by Gasteiger charge is -2.25. The summed E-state index contributed by atoms with van der Waals surface area (Å²) < 4.78 is 36.7. The van der Waals surface area contributed by atoms with Crippen LogP contribution in [0.15, 0.2) is 60.7 Å². The average molecular weight is 607 g/mol. The molecule has 0 aromatic heterocycles. The third-order valence-electron chi connectivity index (χ3n) is 6.31. The first-order valence-electron chi connectivity index (χ1n) is 12.5. The van der Waals surface area contributed by atoms with Crippen molar-refractivity contribution in [3.05, 3.63) is 87.4 Å². The van der Waals surface area contributed by atoms with Crippen molar-refractivity contribution in [1.29, 1.82) is 0 Å². The minimum absolute atomic E-state index is 0.129. The number of amides is 2. The molecule has 1 heterocycles. The number of sulfonamides is 1. The lowest BCUT2D eigenvalue weighted by Crippen LogP contribution is -2.32. The largest absolute Gasteiger partial charge is 0.496 e. The number of ether oxygens (including phenoxy) is 2.